The molecule has 1 aliphatic rings. The molecular weight excluding hydrogens is 474 g/mol. The largest absolute Gasteiger partial charge is 0.326 e. The van der Waals surface area contributed by atoms with Gasteiger partial charge >= 0.3 is 0 Å². The van der Waals surface area contributed by atoms with Gasteiger partial charge in [-0.15, -0.1) is 10.2 Å². The molecule has 3 amide bonds. The molecule has 0 bridgehead atoms. The van der Waals surface area contributed by atoms with Gasteiger partial charge in [0.05, 0.1) is 0 Å². The van der Waals surface area contributed by atoms with E-state index in [0.29, 0.717) is 39.4 Å². The summed E-state index contributed by atoms with van der Waals surface area (Å²) < 4.78 is 0. The van der Waals surface area contributed by atoms with Gasteiger partial charge < -0.3 is 10.2 Å². The Morgan fingerprint density at radius 1 is 1.12 bits per heavy atom. The van der Waals surface area contributed by atoms with Gasteiger partial charge in [-0.1, -0.05) is 42.9 Å². The predicted molar refractivity (Wildman–Crippen MR) is 134 cm³/mol. The highest BCUT2D eigenvalue weighted by Crippen LogP contribution is 2.35. The van der Waals surface area contributed by atoms with Gasteiger partial charge in [0.25, 0.3) is 5.91 Å². The van der Waals surface area contributed by atoms with Gasteiger partial charge in [0.15, 0.2) is 0 Å². The summed E-state index contributed by atoms with van der Waals surface area (Å²) in [6, 6.07) is 12.2. The Hall–Kier alpha value is -3.30. The quantitative estimate of drug-likeness (QED) is 0.505. The molecule has 2 heterocycles. The number of benzene rings is 2. The average molecular weight is 498 g/mol. The SMILES string of the molecule is Cc1ccc(N2C[C@@H](c3nnc(NC(=O)c4ccc(NC(=O)C(C)C)cc4)s3)CC2=O)cc1Cl. The molecule has 0 aliphatic carbocycles. The Kier molecular flexibility index (Phi) is 6.95. The van der Waals surface area contributed by atoms with Crippen LogP contribution in [-0.2, 0) is 9.59 Å². The molecule has 0 unspecified atom stereocenters. The summed E-state index contributed by atoms with van der Waals surface area (Å²) in [4.78, 5) is 38.7. The van der Waals surface area contributed by atoms with E-state index in [1.54, 1.807) is 35.2 Å². The Balaban J connectivity index is 1.39. The fraction of sp³-hybridized carbons (Fsp3) is 0.292. The number of nitrogens with zero attached hydrogens (tertiary/aromatic N) is 3. The van der Waals surface area contributed by atoms with Crippen LogP contribution in [0.5, 0.6) is 0 Å². The summed E-state index contributed by atoms with van der Waals surface area (Å²) in [5.41, 5.74) is 2.76. The van der Waals surface area contributed by atoms with Crippen LogP contribution in [0.15, 0.2) is 42.5 Å². The monoisotopic (exact) mass is 497 g/mol. The Morgan fingerprint density at radius 3 is 2.53 bits per heavy atom. The average Bonchev–Trinajstić information content (AvgIpc) is 3.42. The summed E-state index contributed by atoms with van der Waals surface area (Å²) in [5.74, 6) is -0.669. The van der Waals surface area contributed by atoms with Crippen molar-refractivity contribution in [2.75, 3.05) is 22.1 Å². The van der Waals surface area contributed by atoms with Crippen molar-refractivity contribution in [3.8, 4) is 0 Å². The molecule has 0 saturated carbocycles. The van der Waals surface area contributed by atoms with Crippen molar-refractivity contribution < 1.29 is 14.4 Å². The van der Waals surface area contributed by atoms with E-state index >= 15 is 0 Å². The molecule has 3 aromatic rings. The highest BCUT2D eigenvalue weighted by molar-refractivity contribution is 7.15. The maximum absolute atomic E-state index is 12.6. The van der Waals surface area contributed by atoms with Crippen molar-refractivity contribution >= 4 is 57.2 Å². The van der Waals surface area contributed by atoms with Gasteiger partial charge in [-0.3, -0.25) is 19.7 Å². The minimum atomic E-state index is -0.331. The third-order valence-electron chi connectivity index (χ3n) is 5.54. The van der Waals surface area contributed by atoms with Gasteiger partial charge in [0, 0.05) is 46.8 Å². The summed E-state index contributed by atoms with van der Waals surface area (Å²) >= 11 is 7.48. The second kappa shape index (κ2) is 9.90. The Labute approximate surface area is 206 Å². The molecule has 1 aliphatic heterocycles. The van der Waals surface area contributed by atoms with E-state index in [4.69, 9.17) is 11.6 Å². The van der Waals surface area contributed by atoms with E-state index in [9.17, 15) is 14.4 Å². The zero-order valence-electron chi connectivity index (χ0n) is 19.0. The molecule has 8 nitrogen and oxygen atoms in total. The van der Waals surface area contributed by atoms with Crippen LogP contribution in [0, 0.1) is 12.8 Å². The van der Waals surface area contributed by atoms with E-state index in [2.05, 4.69) is 20.8 Å². The van der Waals surface area contributed by atoms with Crippen LogP contribution >= 0.6 is 22.9 Å². The third-order valence-corrected chi connectivity index (χ3v) is 6.95. The van der Waals surface area contributed by atoms with Crippen LogP contribution in [0.25, 0.3) is 0 Å². The normalized spacial score (nSPS) is 15.6. The molecule has 0 radical (unpaired) electrons. The van der Waals surface area contributed by atoms with Gasteiger partial charge in [-0.2, -0.15) is 0 Å². The number of halogens is 1. The van der Waals surface area contributed by atoms with Crippen LogP contribution in [0.1, 0.15) is 47.1 Å². The van der Waals surface area contributed by atoms with Crippen molar-refractivity contribution in [3.63, 3.8) is 0 Å². The number of aromatic nitrogens is 2. The maximum atomic E-state index is 12.6. The summed E-state index contributed by atoms with van der Waals surface area (Å²) in [7, 11) is 0. The number of amides is 3. The van der Waals surface area contributed by atoms with Crippen molar-refractivity contribution in [2.24, 2.45) is 5.92 Å². The predicted octanol–water partition coefficient (Wildman–Crippen LogP) is 4.87. The van der Waals surface area contributed by atoms with E-state index in [0.717, 1.165) is 11.3 Å². The molecule has 1 saturated heterocycles. The topological polar surface area (TPSA) is 104 Å². The smallest absolute Gasteiger partial charge is 0.257 e. The van der Waals surface area contributed by atoms with E-state index < -0.39 is 0 Å². The van der Waals surface area contributed by atoms with Gasteiger partial charge in [0.2, 0.25) is 16.9 Å². The van der Waals surface area contributed by atoms with Crippen LogP contribution in [-0.4, -0.2) is 34.5 Å². The van der Waals surface area contributed by atoms with Crippen molar-refractivity contribution in [3.05, 3.63) is 63.6 Å². The number of carbonyl (C=O) groups excluding carboxylic acids is 3. The first kappa shape index (κ1) is 23.8. The lowest BCUT2D eigenvalue weighted by Gasteiger charge is -2.17. The molecule has 34 heavy (non-hydrogen) atoms. The number of anilines is 3. The Bertz CT molecular complexity index is 1240. The minimum absolute atomic E-state index is 0.00430. The second-order valence-corrected chi connectivity index (χ2v) is 9.88. The van der Waals surface area contributed by atoms with Crippen molar-refractivity contribution in [1.29, 1.82) is 0 Å². The van der Waals surface area contributed by atoms with E-state index in [1.165, 1.54) is 11.3 Å². The number of rotatable bonds is 6. The van der Waals surface area contributed by atoms with Crippen LogP contribution in [0.4, 0.5) is 16.5 Å². The van der Waals surface area contributed by atoms with Crippen molar-refractivity contribution in [1.82, 2.24) is 10.2 Å². The standard InChI is InChI=1S/C24H24ClN5O3S/c1-13(2)21(32)26-17-7-5-15(6-8-17)22(33)27-24-29-28-23(34-24)16-10-20(31)30(12-16)18-9-4-14(3)19(25)11-18/h4-9,11,13,16H,10,12H2,1-3H3,(H,26,32)(H,27,29,33)/t16-/m0/s1. The highest BCUT2D eigenvalue weighted by Gasteiger charge is 2.34. The van der Waals surface area contributed by atoms with E-state index in [1.807, 2.05) is 32.9 Å². The summed E-state index contributed by atoms with van der Waals surface area (Å²) in [6.45, 7) is 6.01. The maximum Gasteiger partial charge on any atom is 0.257 e. The Morgan fingerprint density at radius 2 is 1.85 bits per heavy atom. The molecule has 1 atom stereocenters. The lowest BCUT2D eigenvalue weighted by molar-refractivity contribution is -0.119. The van der Waals surface area contributed by atoms with Crippen LogP contribution < -0.4 is 15.5 Å². The minimum Gasteiger partial charge on any atom is -0.326 e. The molecule has 2 aromatic carbocycles. The lowest BCUT2D eigenvalue weighted by Crippen LogP contribution is -2.24. The van der Waals surface area contributed by atoms with Crippen LogP contribution in [0.2, 0.25) is 5.02 Å². The summed E-state index contributed by atoms with van der Waals surface area (Å²) in [6.07, 6.45) is 0.317. The lowest BCUT2D eigenvalue weighted by atomic mass is 10.1. The molecule has 10 heteroatoms. The number of nitrogens with one attached hydrogen (secondary N) is 2. The number of hydrogen-bond acceptors (Lipinski definition) is 6. The number of aryl methyl sites for hydroxylation is 1. The first-order valence-electron chi connectivity index (χ1n) is 10.8. The highest BCUT2D eigenvalue weighted by atomic mass is 35.5. The molecule has 2 N–H and O–H groups in total. The van der Waals surface area contributed by atoms with Crippen LogP contribution in [0.3, 0.4) is 0 Å². The molecule has 1 aromatic heterocycles. The third kappa shape index (κ3) is 5.26. The van der Waals surface area contributed by atoms with Gasteiger partial charge in [-0.25, -0.2) is 0 Å². The number of carbonyl (C=O) groups is 3. The molecule has 176 valence electrons. The van der Waals surface area contributed by atoms with Crippen molar-refractivity contribution in [2.45, 2.75) is 33.1 Å². The van der Waals surface area contributed by atoms with Gasteiger partial charge in [0.1, 0.15) is 5.01 Å². The zero-order chi connectivity index (χ0) is 24.4. The van der Waals surface area contributed by atoms with E-state index in [-0.39, 0.29) is 29.6 Å². The summed E-state index contributed by atoms with van der Waals surface area (Å²) in [5, 5.41) is 15.5. The van der Waals surface area contributed by atoms with Gasteiger partial charge in [-0.05, 0) is 48.9 Å². The molecule has 4 rings (SSSR count). The fourth-order valence-electron chi connectivity index (χ4n) is 3.48. The molecular formula is C24H24ClN5O3S. The molecule has 0 spiro atoms. The zero-order valence-corrected chi connectivity index (χ0v) is 20.5. The first-order chi connectivity index (χ1) is 16.2. The fourth-order valence-corrected chi connectivity index (χ4v) is 4.49. The first-order valence-corrected chi connectivity index (χ1v) is 12.0. The second-order valence-electron chi connectivity index (χ2n) is 8.46. The number of hydrogen-bond donors (Lipinski definition) is 2. The molecule has 1 fully saturated rings.